The summed E-state index contributed by atoms with van der Waals surface area (Å²) in [7, 11) is 0. The minimum atomic E-state index is -0.427. The van der Waals surface area contributed by atoms with E-state index in [0.29, 0.717) is 19.1 Å². The van der Waals surface area contributed by atoms with E-state index in [0.717, 1.165) is 0 Å². The van der Waals surface area contributed by atoms with Crippen molar-refractivity contribution in [2.24, 2.45) is 0 Å². The number of ether oxygens (including phenoxy) is 1. The van der Waals surface area contributed by atoms with E-state index in [1.807, 2.05) is 20.8 Å². The Bertz CT molecular complexity index is 502. The summed E-state index contributed by atoms with van der Waals surface area (Å²) in [4.78, 5) is 13.6. The van der Waals surface area contributed by atoms with Gasteiger partial charge in [0.1, 0.15) is 5.60 Å². The van der Waals surface area contributed by atoms with Gasteiger partial charge >= 0.3 is 6.09 Å². The zero-order valence-corrected chi connectivity index (χ0v) is 13.6. The molecular formula is C17H26N2O2. The predicted molar refractivity (Wildman–Crippen MR) is 84.3 cm³/mol. The van der Waals surface area contributed by atoms with Gasteiger partial charge in [0, 0.05) is 25.2 Å². The first kappa shape index (κ1) is 15.8. The van der Waals surface area contributed by atoms with Crippen molar-refractivity contribution < 1.29 is 9.53 Å². The summed E-state index contributed by atoms with van der Waals surface area (Å²) >= 11 is 0. The highest BCUT2D eigenvalue weighted by molar-refractivity contribution is 5.69. The predicted octanol–water partition coefficient (Wildman–Crippen LogP) is 3.26. The van der Waals surface area contributed by atoms with Crippen LogP contribution in [0.2, 0.25) is 0 Å². The number of aryl methyl sites for hydroxylation is 1. The van der Waals surface area contributed by atoms with Crippen LogP contribution in [0.4, 0.5) is 4.79 Å². The van der Waals surface area contributed by atoms with Crippen molar-refractivity contribution >= 4 is 6.09 Å². The van der Waals surface area contributed by atoms with Crippen LogP contribution in [0.5, 0.6) is 0 Å². The first-order valence-electron chi connectivity index (χ1n) is 7.56. The minimum absolute atomic E-state index is 0.218. The number of rotatable bonds is 3. The van der Waals surface area contributed by atoms with Gasteiger partial charge in [0.2, 0.25) is 0 Å². The first-order valence-corrected chi connectivity index (χ1v) is 7.56. The Balaban J connectivity index is 1.81. The van der Waals surface area contributed by atoms with E-state index >= 15 is 0 Å². The monoisotopic (exact) mass is 290 g/mol. The van der Waals surface area contributed by atoms with E-state index in [1.165, 1.54) is 11.1 Å². The van der Waals surface area contributed by atoms with Crippen LogP contribution < -0.4 is 5.32 Å². The van der Waals surface area contributed by atoms with Gasteiger partial charge in [0.25, 0.3) is 0 Å². The molecule has 116 valence electrons. The molecule has 0 aliphatic carbocycles. The lowest BCUT2D eigenvalue weighted by Gasteiger charge is -2.41. The van der Waals surface area contributed by atoms with E-state index in [-0.39, 0.29) is 12.1 Å². The molecule has 1 heterocycles. The summed E-state index contributed by atoms with van der Waals surface area (Å²) in [6, 6.07) is 9.02. The summed E-state index contributed by atoms with van der Waals surface area (Å²) in [5.41, 5.74) is 2.18. The van der Waals surface area contributed by atoms with Crippen LogP contribution in [0.25, 0.3) is 0 Å². The highest BCUT2D eigenvalue weighted by Crippen LogP contribution is 2.21. The Hall–Kier alpha value is -1.55. The molecule has 1 amide bonds. The van der Waals surface area contributed by atoms with Crippen molar-refractivity contribution in [3.05, 3.63) is 35.4 Å². The number of amides is 1. The molecule has 1 unspecified atom stereocenters. The maximum atomic E-state index is 11.9. The fourth-order valence-corrected chi connectivity index (χ4v) is 2.58. The Kier molecular flexibility index (Phi) is 4.57. The molecule has 1 N–H and O–H groups in total. The number of likely N-dealkylation sites (tertiary alicyclic amines) is 1. The van der Waals surface area contributed by atoms with Crippen molar-refractivity contribution in [3.8, 4) is 0 Å². The van der Waals surface area contributed by atoms with E-state index in [9.17, 15) is 4.79 Å². The lowest BCUT2D eigenvalue weighted by molar-refractivity contribution is 0.00433. The van der Waals surface area contributed by atoms with Gasteiger partial charge in [-0.3, -0.25) is 0 Å². The molecule has 1 aliphatic heterocycles. The Morgan fingerprint density at radius 1 is 1.33 bits per heavy atom. The van der Waals surface area contributed by atoms with Gasteiger partial charge in [-0.15, -0.1) is 0 Å². The van der Waals surface area contributed by atoms with E-state index in [1.54, 1.807) is 4.90 Å². The summed E-state index contributed by atoms with van der Waals surface area (Å²) in [6.07, 6.45) is -0.218. The summed E-state index contributed by atoms with van der Waals surface area (Å²) in [5.74, 6) is 0. The number of hydrogen-bond acceptors (Lipinski definition) is 3. The maximum Gasteiger partial charge on any atom is 0.410 e. The fraction of sp³-hybridized carbons (Fsp3) is 0.588. The molecule has 21 heavy (non-hydrogen) atoms. The van der Waals surface area contributed by atoms with Gasteiger partial charge in [-0.05, 0) is 45.7 Å². The zero-order chi connectivity index (χ0) is 15.6. The number of nitrogens with one attached hydrogen (secondary N) is 1. The average Bonchev–Trinajstić information content (AvgIpc) is 2.31. The number of nitrogens with zero attached hydrogens (tertiary/aromatic N) is 1. The number of benzene rings is 1. The molecule has 1 fully saturated rings. The van der Waals surface area contributed by atoms with Gasteiger partial charge in [-0.1, -0.05) is 24.3 Å². The highest BCUT2D eigenvalue weighted by atomic mass is 16.6. The molecule has 1 saturated heterocycles. The molecular weight excluding hydrogens is 264 g/mol. The molecule has 0 spiro atoms. The highest BCUT2D eigenvalue weighted by Gasteiger charge is 2.34. The molecule has 4 nitrogen and oxygen atoms in total. The molecule has 0 radical (unpaired) electrons. The summed E-state index contributed by atoms with van der Waals surface area (Å²) in [5, 5.41) is 3.57. The molecule has 4 heteroatoms. The molecule has 0 bridgehead atoms. The third-order valence-corrected chi connectivity index (χ3v) is 3.67. The number of hydrogen-bond donors (Lipinski definition) is 1. The normalized spacial score (nSPS) is 17.3. The quantitative estimate of drug-likeness (QED) is 0.929. The van der Waals surface area contributed by atoms with E-state index in [2.05, 4.69) is 43.4 Å². The van der Waals surface area contributed by atoms with Crippen molar-refractivity contribution in [2.75, 3.05) is 13.1 Å². The minimum Gasteiger partial charge on any atom is -0.444 e. The first-order chi connectivity index (χ1) is 9.76. The Labute approximate surface area is 127 Å². The van der Waals surface area contributed by atoms with E-state index < -0.39 is 5.60 Å². The van der Waals surface area contributed by atoms with Crippen LogP contribution in [-0.2, 0) is 4.74 Å². The summed E-state index contributed by atoms with van der Waals surface area (Å²) < 4.78 is 5.36. The third kappa shape index (κ3) is 4.21. The molecule has 1 aromatic carbocycles. The van der Waals surface area contributed by atoms with Crippen LogP contribution in [0.15, 0.2) is 24.3 Å². The van der Waals surface area contributed by atoms with Crippen LogP contribution in [0.1, 0.15) is 44.9 Å². The van der Waals surface area contributed by atoms with Crippen molar-refractivity contribution in [2.45, 2.75) is 52.3 Å². The molecule has 1 atom stereocenters. The molecule has 1 aliphatic rings. The van der Waals surface area contributed by atoms with Gasteiger partial charge < -0.3 is 15.0 Å². The van der Waals surface area contributed by atoms with Crippen molar-refractivity contribution in [3.63, 3.8) is 0 Å². The fourth-order valence-electron chi connectivity index (χ4n) is 2.58. The number of carbonyl (C=O) groups excluding carboxylic acids is 1. The second-order valence-electron chi connectivity index (χ2n) is 6.83. The third-order valence-electron chi connectivity index (χ3n) is 3.67. The summed E-state index contributed by atoms with van der Waals surface area (Å²) in [6.45, 7) is 11.4. The van der Waals surface area contributed by atoms with E-state index in [4.69, 9.17) is 4.74 Å². The van der Waals surface area contributed by atoms with Crippen LogP contribution in [0.3, 0.4) is 0 Å². The molecule has 1 aromatic rings. The lowest BCUT2D eigenvalue weighted by atomic mass is 10.0. The van der Waals surface area contributed by atoms with Crippen LogP contribution in [0, 0.1) is 6.92 Å². The largest absolute Gasteiger partial charge is 0.444 e. The molecule has 0 saturated carbocycles. The SMILES string of the molecule is Cc1ccccc1C(C)NC1CN(C(=O)OC(C)(C)C)C1. The Morgan fingerprint density at radius 3 is 2.52 bits per heavy atom. The molecule has 2 rings (SSSR count). The second kappa shape index (κ2) is 6.06. The van der Waals surface area contributed by atoms with Crippen molar-refractivity contribution in [1.82, 2.24) is 10.2 Å². The van der Waals surface area contributed by atoms with Crippen LogP contribution >= 0.6 is 0 Å². The standard InChI is InChI=1S/C17H26N2O2/c1-12-8-6-7-9-15(12)13(2)18-14-10-19(11-14)16(20)21-17(3,4)5/h6-9,13-14,18H,10-11H2,1-5H3. The van der Waals surface area contributed by atoms with Crippen LogP contribution in [-0.4, -0.2) is 35.7 Å². The van der Waals surface area contributed by atoms with Gasteiger partial charge in [-0.25, -0.2) is 4.79 Å². The lowest BCUT2D eigenvalue weighted by Crippen LogP contribution is -2.60. The van der Waals surface area contributed by atoms with Gasteiger partial charge in [0.15, 0.2) is 0 Å². The zero-order valence-electron chi connectivity index (χ0n) is 13.6. The average molecular weight is 290 g/mol. The number of carbonyl (C=O) groups is 1. The molecule has 0 aromatic heterocycles. The smallest absolute Gasteiger partial charge is 0.410 e. The maximum absolute atomic E-state index is 11.9. The van der Waals surface area contributed by atoms with Gasteiger partial charge in [-0.2, -0.15) is 0 Å². The Morgan fingerprint density at radius 2 is 1.95 bits per heavy atom. The van der Waals surface area contributed by atoms with Crippen molar-refractivity contribution in [1.29, 1.82) is 0 Å². The second-order valence-corrected chi connectivity index (χ2v) is 6.83. The topological polar surface area (TPSA) is 41.6 Å². The van der Waals surface area contributed by atoms with Gasteiger partial charge in [0.05, 0.1) is 0 Å².